The Morgan fingerprint density at radius 1 is 1.04 bits per heavy atom. The lowest BCUT2D eigenvalue weighted by Crippen LogP contribution is -2.20. The fourth-order valence-corrected chi connectivity index (χ4v) is 3.45. The van der Waals surface area contributed by atoms with Gasteiger partial charge in [-0.05, 0) is 79.2 Å². The van der Waals surface area contributed by atoms with Gasteiger partial charge in [0.2, 0.25) is 0 Å². The van der Waals surface area contributed by atoms with Crippen LogP contribution in [0, 0.1) is 17.6 Å². The quantitative estimate of drug-likeness (QED) is 0.646. The van der Waals surface area contributed by atoms with Crippen molar-refractivity contribution in [1.29, 1.82) is 0 Å². The van der Waals surface area contributed by atoms with E-state index in [4.69, 9.17) is 0 Å². The molecule has 4 rings (SSSR count). The second-order valence-corrected chi connectivity index (χ2v) is 6.62. The standard InChI is InChI=1S/C20H20F2N2/c21-15-3-1-13(2-4-15)7-8-23-11-14-9-17(14)19-12-24-20-6-5-16(22)10-18(19)20/h1-6,10,12,14,17,23-24H,7-9,11H2/t14-,17+/m0/s1. The number of nitrogens with one attached hydrogen (secondary N) is 2. The molecule has 124 valence electrons. The Hall–Kier alpha value is -2.20. The van der Waals surface area contributed by atoms with Crippen LogP contribution in [0.3, 0.4) is 0 Å². The Morgan fingerprint density at radius 3 is 2.67 bits per heavy atom. The summed E-state index contributed by atoms with van der Waals surface area (Å²) in [5.74, 6) is 0.750. The van der Waals surface area contributed by atoms with Gasteiger partial charge in [-0.2, -0.15) is 0 Å². The molecule has 1 aliphatic rings. The molecular weight excluding hydrogens is 306 g/mol. The van der Waals surface area contributed by atoms with Crippen molar-refractivity contribution in [2.75, 3.05) is 13.1 Å². The molecule has 1 fully saturated rings. The van der Waals surface area contributed by atoms with Gasteiger partial charge in [0.15, 0.2) is 0 Å². The first-order valence-corrected chi connectivity index (χ1v) is 8.42. The summed E-state index contributed by atoms with van der Waals surface area (Å²) in [6.07, 6.45) is 4.07. The van der Waals surface area contributed by atoms with Gasteiger partial charge in [-0.3, -0.25) is 0 Å². The molecule has 0 saturated heterocycles. The fourth-order valence-electron chi connectivity index (χ4n) is 3.45. The van der Waals surface area contributed by atoms with Crippen molar-refractivity contribution < 1.29 is 8.78 Å². The summed E-state index contributed by atoms with van der Waals surface area (Å²) in [6, 6.07) is 11.6. The smallest absolute Gasteiger partial charge is 0.123 e. The molecule has 24 heavy (non-hydrogen) atoms. The maximum absolute atomic E-state index is 13.5. The molecule has 0 spiro atoms. The topological polar surface area (TPSA) is 27.8 Å². The van der Waals surface area contributed by atoms with Crippen LogP contribution in [-0.4, -0.2) is 18.1 Å². The lowest BCUT2D eigenvalue weighted by Gasteiger charge is -2.05. The minimum absolute atomic E-state index is 0.182. The maximum Gasteiger partial charge on any atom is 0.123 e. The van der Waals surface area contributed by atoms with Crippen molar-refractivity contribution in [3.63, 3.8) is 0 Å². The highest BCUT2D eigenvalue weighted by molar-refractivity contribution is 5.84. The molecule has 0 unspecified atom stereocenters. The molecule has 3 aromatic rings. The van der Waals surface area contributed by atoms with Crippen LogP contribution in [0.4, 0.5) is 8.78 Å². The first-order valence-electron chi connectivity index (χ1n) is 8.42. The Balaban J connectivity index is 1.29. The van der Waals surface area contributed by atoms with E-state index in [0.29, 0.717) is 11.8 Å². The highest BCUT2D eigenvalue weighted by Gasteiger charge is 2.39. The molecule has 1 heterocycles. The first kappa shape index (κ1) is 15.3. The number of benzene rings is 2. The molecule has 2 aromatic carbocycles. The normalized spacial score (nSPS) is 19.8. The molecule has 2 atom stereocenters. The number of halogens is 2. The maximum atomic E-state index is 13.5. The van der Waals surface area contributed by atoms with Gasteiger partial charge in [-0.25, -0.2) is 8.78 Å². The van der Waals surface area contributed by atoms with Gasteiger partial charge in [-0.1, -0.05) is 12.1 Å². The van der Waals surface area contributed by atoms with Crippen molar-refractivity contribution in [2.24, 2.45) is 5.92 Å². The van der Waals surface area contributed by atoms with Crippen LogP contribution in [0.2, 0.25) is 0 Å². The SMILES string of the molecule is Fc1ccc(CCNC[C@@H]2C[C@H]2c2c[nH]c3ccc(F)cc23)cc1. The lowest BCUT2D eigenvalue weighted by atomic mass is 10.1. The van der Waals surface area contributed by atoms with Crippen molar-refractivity contribution in [3.05, 3.63) is 71.4 Å². The average molecular weight is 326 g/mol. The summed E-state index contributed by atoms with van der Waals surface area (Å²) in [6.45, 7) is 1.85. The van der Waals surface area contributed by atoms with Crippen molar-refractivity contribution in [2.45, 2.75) is 18.8 Å². The predicted molar refractivity (Wildman–Crippen MR) is 92.1 cm³/mol. The number of aromatic nitrogens is 1. The van der Waals surface area contributed by atoms with Crippen LogP contribution in [0.1, 0.15) is 23.5 Å². The van der Waals surface area contributed by atoms with Gasteiger partial charge in [0.1, 0.15) is 11.6 Å². The highest BCUT2D eigenvalue weighted by Crippen LogP contribution is 2.49. The second kappa shape index (κ2) is 6.36. The van der Waals surface area contributed by atoms with E-state index >= 15 is 0 Å². The zero-order chi connectivity index (χ0) is 16.5. The summed E-state index contributed by atoms with van der Waals surface area (Å²) < 4.78 is 26.3. The van der Waals surface area contributed by atoms with Gasteiger partial charge in [-0.15, -0.1) is 0 Å². The number of aromatic amines is 1. The minimum Gasteiger partial charge on any atom is -0.361 e. The molecule has 0 radical (unpaired) electrons. The zero-order valence-electron chi connectivity index (χ0n) is 13.4. The summed E-state index contributed by atoms with van der Waals surface area (Å²) >= 11 is 0. The zero-order valence-corrected chi connectivity index (χ0v) is 13.4. The molecule has 1 aliphatic carbocycles. The van der Waals surface area contributed by atoms with E-state index in [1.54, 1.807) is 12.1 Å². The van der Waals surface area contributed by atoms with Gasteiger partial charge >= 0.3 is 0 Å². The van der Waals surface area contributed by atoms with Gasteiger partial charge in [0, 0.05) is 17.1 Å². The van der Waals surface area contributed by atoms with Gasteiger partial charge in [0.25, 0.3) is 0 Å². The van der Waals surface area contributed by atoms with Gasteiger partial charge in [0.05, 0.1) is 0 Å². The third-order valence-corrected chi connectivity index (χ3v) is 4.91. The van der Waals surface area contributed by atoms with E-state index in [2.05, 4.69) is 10.3 Å². The Labute approximate surface area is 139 Å². The number of H-pyrrole nitrogens is 1. The van der Waals surface area contributed by atoms with E-state index in [-0.39, 0.29) is 11.6 Å². The average Bonchev–Trinajstić information content (AvgIpc) is 3.23. The highest BCUT2D eigenvalue weighted by atomic mass is 19.1. The van der Waals surface area contributed by atoms with E-state index < -0.39 is 0 Å². The van der Waals surface area contributed by atoms with Crippen molar-refractivity contribution >= 4 is 10.9 Å². The molecule has 2 nitrogen and oxygen atoms in total. The van der Waals surface area contributed by atoms with E-state index in [1.165, 1.54) is 23.8 Å². The van der Waals surface area contributed by atoms with Crippen LogP contribution in [0.25, 0.3) is 10.9 Å². The van der Waals surface area contributed by atoms with Crippen LogP contribution < -0.4 is 5.32 Å². The first-order chi connectivity index (χ1) is 11.7. The van der Waals surface area contributed by atoms with E-state index in [0.717, 1.165) is 42.4 Å². The minimum atomic E-state index is -0.192. The third kappa shape index (κ3) is 3.20. The molecule has 0 bridgehead atoms. The van der Waals surface area contributed by atoms with Crippen LogP contribution in [-0.2, 0) is 6.42 Å². The summed E-state index contributed by atoms with van der Waals surface area (Å²) in [5.41, 5.74) is 3.37. The fraction of sp³-hybridized carbons (Fsp3) is 0.300. The van der Waals surface area contributed by atoms with Crippen LogP contribution in [0.15, 0.2) is 48.7 Å². The number of rotatable bonds is 6. The predicted octanol–water partition coefficient (Wildman–Crippen LogP) is 4.38. The largest absolute Gasteiger partial charge is 0.361 e. The Kier molecular flexibility index (Phi) is 4.07. The molecule has 2 N–H and O–H groups in total. The molecule has 1 aromatic heterocycles. The van der Waals surface area contributed by atoms with E-state index in [9.17, 15) is 8.78 Å². The summed E-state index contributed by atoms with van der Waals surface area (Å²) in [7, 11) is 0. The summed E-state index contributed by atoms with van der Waals surface area (Å²) in [5, 5.41) is 4.49. The number of fused-ring (bicyclic) bond motifs is 1. The number of hydrogen-bond donors (Lipinski definition) is 2. The molecule has 0 amide bonds. The lowest BCUT2D eigenvalue weighted by molar-refractivity contribution is 0.619. The van der Waals surface area contributed by atoms with Crippen molar-refractivity contribution in [3.8, 4) is 0 Å². The molecule has 0 aliphatic heterocycles. The van der Waals surface area contributed by atoms with Gasteiger partial charge < -0.3 is 10.3 Å². The van der Waals surface area contributed by atoms with E-state index in [1.807, 2.05) is 18.3 Å². The molecule has 4 heteroatoms. The van der Waals surface area contributed by atoms with Crippen molar-refractivity contribution in [1.82, 2.24) is 10.3 Å². The summed E-state index contributed by atoms with van der Waals surface area (Å²) in [4.78, 5) is 3.23. The molecule has 1 saturated carbocycles. The Bertz CT molecular complexity index is 838. The Morgan fingerprint density at radius 2 is 1.83 bits per heavy atom. The molecular formula is C20H20F2N2. The second-order valence-electron chi connectivity index (χ2n) is 6.62. The monoisotopic (exact) mass is 326 g/mol. The van der Waals surface area contributed by atoms with Crippen LogP contribution in [0.5, 0.6) is 0 Å². The number of hydrogen-bond acceptors (Lipinski definition) is 1. The van der Waals surface area contributed by atoms with Crippen LogP contribution >= 0.6 is 0 Å². The third-order valence-electron chi connectivity index (χ3n) is 4.91.